The Labute approximate surface area is 159 Å². The van der Waals surface area contributed by atoms with E-state index in [1.54, 1.807) is 0 Å². The lowest BCUT2D eigenvalue weighted by Crippen LogP contribution is -2.23. The van der Waals surface area contributed by atoms with E-state index in [-0.39, 0.29) is 0 Å². The molecule has 2 aliphatic heterocycles. The predicted molar refractivity (Wildman–Crippen MR) is 106 cm³/mol. The van der Waals surface area contributed by atoms with Gasteiger partial charge in [-0.3, -0.25) is 0 Å². The Hall–Kier alpha value is -0.860. The summed E-state index contributed by atoms with van der Waals surface area (Å²) in [6, 6.07) is 9.16. The molecule has 1 aliphatic carbocycles. The molecule has 2 nitrogen and oxygen atoms in total. The highest BCUT2D eigenvalue weighted by Crippen LogP contribution is 2.39. The minimum Gasteiger partial charge on any atom is -0.373 e. The molecule has 0 bridgehead atoms. The molecule has 26 heavy (non-hydrogen) atoms. The van der Waals surface area contributed by atoms with Crippen molar-refractivity contribution in [2.75, 3.05) is 13.2 Å². The van der Waals surface area contributed by atoms with Gasteiger partial charge in [-0.2, -0.15) is 0 Å². The molecule has 2 heterocycles. The van der Waals surface area contributed by atoms with Crippen LogP contribution in [0.4, 0.5) is 0 Å². The summed E-state index contributed by atoms with van der Waals surface area (Å²) in [5.74, 6) is 2.64. The average Bonchev–Trinajstić information content (AvgIpc) is 3.54. The van der Waals surface area contributed by atoms with Crippen LogP contribution < -0.4 is 0 Å². The van der Waals surface area contributed by atoms with Crippen LogP contribution in [-0.2, 0) is 15.9 Å². The first-order valence-electron chi connectivity index (χ1n) is 11.1. The zero-order chi connectivity index (χ0) is 17.8. The van der Waals surface area contributed by atoms with Gasteiger partial charge >= 0.3 is 0 Å². The minimum atomic E-state index is 0.330. The van der Waals surface area contributed by atoms with Crippen molar-refractivity contribution in [2.45, 2.75) is 83.3 Å². The maximum atomic E-state index is 6.26. The fraction of sp³-hybridized carbons (Fsp3) is 0.750. The van der Waals surface area contributed by atoms with Crippen molar-refractivity contribution < 1.29 is 9.47 Å². The van der Waals surface area contributed by atoms with E-state index in [9.17, 15) is 0 Å². The zero-order valence-corrected chi connectivity index (χ0v) is 16.5. The maximum Gasteiger partial charge on any atom is 0.0838 e. The molecule has 2 heteroatoms. The van der Waals surface area contributed by atoms with Crippen LogP contribution in [0.2, 0.25) is 0 Å². The number of hydrogen-bond donors (Lipinski definition) is 0. The van der Waals surface area contributed by atoms with Gasteiger partial charge in [0.15, 0.2) is 0 Å². The Morgan fingerprint density at radius 3 is 2.12 bits per heavy atom. The summed E-state index contributed by atoms with van der Waals surface area (Å²) in [6.45, 7) is 4.25. The van der Waals surface area contributed by atoms with Gasteiger partial charge in [0.25, 0.3) is 0 Å². The molecule has 3 fully saturated rings. The molecule has 0 amide bonds. The Morgan fingerprint density at radius 1 is 0.808 bits per heavy atom. The standard InChI is InChI=1S/C24H36O2/c1-2-3-18-6-11-21(12-7-18)23-15-10-20(16-25-23)5-4-19-8-13-22(14-9-19)24-17-26-24/h6-7,11-12,19-20,22-24H,2-5,8-10,13-17H2,1H3. The van der Waals surface area contributed by atoms with E-state index in [0.717, 1.165) is 31.0 Å². The van der Waals surface area contributed by atoms with Crippen LogP contribution in [0.1, 0.15) is 81.9 Å². The molecule has 0 N–H and O–H groups in total. The highest BCUT2D eigenvalue weighted by molar-refractivity contribution is 5.24. The maximum absolute atomic E-state index is 6.26. The third kappa shape index (κ3) is 4.89. The van der Waals surface area contributed by atoms with Crippen LogP contribution in [0.15, 0.2) is 24.3 Å². The third-order valence-electron chi connectivity index (χ3n) is 7.02. The topological polar surface area (TPSA) is 21.8 Å². The molecule has 144 valence electrons. The van der Waals surface area contributed by atoms with Crippen molar-refractivity contribution in [1.82, 2.24) is 0 Å². The molecule has 3 atom stereocenters. The van der Waals surface area contributed by atoms with Gasteiger partial charge in [-0.15, -0.1) is 0 Å². The molecule has 1 saturated carbocycles. The molecule has 0 radical (unpaired) electrons. The first-order valence-corrected chi connectivity index (χ1v) is 11.1. The van der Waals surface area contributed by atoms with Crippen LogP contribution in [0.25, 0.3) is 0 Å². The van der Waals surface area contributed by atoms with Gasteiger partial charge in [0.1, 0.15) is 0 Å². The second-order valence-corrected chi connectivity index (χ2v) is 8.99. The molecular weight excluding hydrogens is 320 g/mol. The summed E-state index contributed by atoms with van der Waals surface area (Å²) in [4.78, 5) is 0. The van der Waals surface area contributed by atoms with Gasteiger partial charge < -0.3 is 9.47 Å². The monoisotopic (exact) mass is 356 g/mol. The van der Waals surface area contributed by atoms with Crippen molar-refractivity contribution in [3.63, 3.8) is 0 Å². The molecule has 0 aromatic heterocycles. The normalized spacial score (nSPS) is 34.6. The molecule has 1 aromatic carbocycles. The van der Waals surface area contributed by atoms with Crippen LogP contribution in [0, 0.1) is 17.8 Å². The SMILES string of the molecule is CCCc1ccc(C2CCC(CCC3CCC(C4CO4)CC3)CO2)cc1. The Kier molecular flexibility index (Phi) is 6.32. The Morgan fingerprint density at radius 2 is 1.50 bits per heavy atom. The van der Waals surface area contributed by atoms with Crippen molar-refractivity contribution >= 4 is 0 Å². The quantitative estimate of drug-likeness (QED) is 0.551. The largest absolute Gasteiger partial charge is 0.373 e. The number of rotatable bonds is 7. The highest BCUT2D eigenvalue weighted by atomic mass is 16.6. The molecule has 3 unspecified atom stereocenters. The Balaban J connectivity index is 1.15. The van der Waals surface area contributed by atoms with E-state index in [0.29, 0.717) is 12.2 Å². The summed E-state index contributed by atoms with van der Waals surface area (Å²) >= 11 is 0. The molecule has 4 rings (SSSR count). The third-order valence-corrected chi connectivity index (χ3v) is 7.02. The van der Waals surface area contributed by atoms with E-state index in [4.69, 9.17) is 9.47 Å². The van der Waals surface area contributed by atoms with Gasteiger partial charge in [0, 0.05) is 0 Å². The molecule has 1 aromatic rings. The first kappa shape index (κ1) is 18.5. The van der Waals surface area contributed by atoms with Crippen LogP contribution in [0.3, 0.4) is 0 Å². The van der Waals surface area contributed by atoms with Gasteiger partial charge in [0.05, 0.1) is 25.4 Å². The molecule has 2 saturated heterocycles. The second-order valence-electron chi connectivity index (χ2n) is 8.99. The van der Waals surface area contributed by atoms with E-state index >= 15 is 0 Å². The van der Waals surface area contributed by atoms with Gasteiger partial charge in [-0.05, 0) is 67.4 Å². The van der Waals surface area contributed by atoms with E-state index in [1.807, 2.05) is 0 Å². The van der Waals surface area contributed by atoms with Crippen molar-refractivity contribution in [2.24, 2.45) is 17.8 Å². The van der Waals surface area contributed by atoms with Crippen LogP contribution >= 0.6 is 0 Å². The highest BCUT2D eigenvalue weighted by Gasteiger charge is 2.35. The lowest BCUT2D eigenvalue weighted by atomic mass is 9.77. The van der Waals surface area contributed by atoms with Crippen molar-refractivity contribution in [1.29, 1.82) is 0 Å². The fourth-order valence-electron chi connectivity index (χ4n) is 5.13. The minimum absolute atomic E-state index is 0.330. The van der Waals surface area contributed by atoms with Gasteiger partial charge in [-0.25, -0.2) is 0 Å². The summed E-state index contributed by atoms with van der Waals surface area (Å²) in [6.07, 6.45) is 14.4. The summed E-state index contributed by atoms with van der Waals surface area (Å²) in [7, 11) is 0. The molecular formula is C24H36O2. The average molecular weight is 357 g/mol. The molecule has 3 aliphatic rings. The van der Waals surface area contributed by atoms with E-state index in [2.05, 4.69) is 31.2 Å². The van der Waals surface area contributed by atoms with Crippen LogP contribution in [0.5, 0.6) is 0 Å². The number of aryl methyl sites for hydroxylation is 1. The summed E-state index contributed by atoms with van der Waals surface area (Å²) in [5, 5.41) is 0. The van der Waals surface area contributed by atoms with Crippen molar-refractivity contribution in [3.8, 4) is 0 Å². The number of benzene rings is 1. The summed E-state index contributed by atoms with van der Waals surface area (Å²) < 4.78 is 11.7. The molecule has 0 spiro atoms. The van der Waals surface area contributed by atoms with E-state index < -0.39 is 0 Å². The van der Waals surface area contributed by atoms with Crippen LogP contribution in [-0.4, -0.2) is 19.3 Å². The lowest BCUT2D eigenvalue weighted by Gasteiger charge is -2.32. The van der Waals surface area contributed by atoms with Gasteiger partial charge in [0.2, 0.25) is 0 Å². The smallest absolute Gasteiger partial charge is 0.0838 e. The van der Waals surface area contributed by atoms with Gasteiger partial charge in [-0.1, -0.05) is 56.9 Å². The number of hydrogen-bond acceptors (Lipinski definition) is 2. The first-order chi connectivity index (χ1) is 12.8. The Bertz CT molecular complexity index is 532. The zero-order valence-electron chi connectivity index (χ0n) is 16.5. The number of ether oxygens (including phenoxy) is 2. The summed E-state index contributed by atoms with van der Waals surface area (Å²) in [5.41, 5.74) is 2.83. The predicted octanol–water partition coefficient (Wildman–Crippen LogP) is 6.09. The lowest BCUT2D eigenvalue weighted by molar-refractivity contribution is -0.0212. The number of epoxide rings is 1. The second kappa shape index (κ2) is 8.89. The van der Waals surface area contributed by atoms with Crippen molar-refractivity contribution in [3.05, 3.63) is 35.4 Å². The van der Waals surface area contributed by atoms with E-state index in [1.165, 1.54) is 75.3 Å². The fourth-order valence-corrected chi connectivity index (χ4v) is 5.13.